The Hall–Kier alpha value is -2.26. The van der Waals surface area contributed by atoms with Crippen LogP contribution in [0.1, 0.15) is 11.3 Å². The molecule has 3 aromatic rings. The summed E-state index contributed by atoms with van der Waals surface area (Å²) in [6.45, 7) is 4.05. The van der Waals surface area contributed by atoms with Gasteiger partial charge in [0.1, 0.15) is 0 Å². The average molecular weight is 292 g/mol. The molecule has 0 saturated heterocycles. The third-order valence-corrected chi connectivity index (χ3v) is 3.69. The Bertz CT molecular complexity index is 818. The first-order valence-electron chi connectivity index (χ1n) is 6.88. The number of hydrogen-bond acceptors (Lipinski definition) is 2. The van der Waals surface area contributed by atoms with Crippen molar-refractivity contribution in [3.8, 4) is 16.9 Å². The molecule has 0 aliphatic rings. The minimum Gasteiger partial charge on any atom is -0.285 e. The summed E-state index contributed by atoms with van der Waals surface area (Å²) in [6.07, 6.45) is 0. The number of benzene rings is 2. The molecule has 21 heavy (non-hydrogen) atoms. The van der Waals surface area contributed by atoms with Crippen molar-refractivity contribution in [2.24, 2.45) is 0 Å². The zero-order valence-electron chi connectivity index (χ0n) is 12.1. The third-order valence-electron chi connectivity index (χ3n) is 3.41. The molecule has 0 N–H and O–H groups in total. The van der Waals surface area contributed by atoms with Gasteiger partial charge in [0.2, 0.25) is 4.77 Å². The molecule has 0 fully saturated rings. The third kappa shape index (κ3) is 2.78. The molecule has 1 heterocycles. The molecule has 0 aliphatic carbocycles. The smallest absolute Gasteiger partial charge is 0.204 e. The van der Waals surface area contributed by atoms with E-state index in [2.05, 4.69) is 54.4 Å². The highest BCUT2D eigenvalue weighted by Crippen LogP contribution is 2.24. The van der Waals surface area contributed by atoms with Crippen LogP contribution in [0.4, 0.5) is 0 Å². The van der Waals surface area contributed by atoms with Crippen molar-refractivity contribution in [1.82, 2.24) is 9.55 Å². The van der Waals surface area contributed by atoms with Crippen molar-refractivity contribution in [2.75, 3.05) is 0 Å². The van der Waals surface area contributed by atoms with E-state index in [1.54, 1.807) is 0 Å². The Morgan fingerprint density at radius 2 is 1.57 bits per heavy atom. The van der Waals surface area contributed by atoms with Crippen LogP contribution in [0, 0.1) is 18.6 Å². The summed E-state index contributed by atoms with van der Waals surface area (Å²) in [5.41, 5.74) is 5.40. The SMILES string of the molecule is Cc1ccc(-n2c(-c3ccccc3)cc(C)nc2=S)cc1. The second-order valence-corrected chi connectivity index (χ2v) is 5.47. The molecule has 0 atom stereocenters. The largest absolute Gasteiger partial charge is 0.285 e. The van der Waals surface area contributed by atoms with E-state index in [-0.39, 0.29) is 0 Å². The van der Waals surface area contributed by atoms with Gasteiger partial charge in [-0.25, -0.2) is 4.98 Å². The lowest BCUT2D eigenvalue weighted by Crippen LogP contribution is -2.05. The molecule has 2 nitrogen and oxygen atoms in total. The van der Waals surface area contributed by atoms with E-state index in [1.807, 2.05) is 29.7 Å². The first kappa shape index (κ1) is 13.7. The standard InChI is InChI=1S/C18H16N2S/c1-13-8-10-16(11-9-13)20-17(12-14(2)19-18(20)21)15-6-4-3-5-7-15/h3-12H,1-2H3. The highest BCUT2D eigenvalue weighted by atomic mass is 32.1. The first-order chi connectivity index (χ1) is 10.1. The van der Waals surface area contributed by atoms with E-state index in [0.717, 1.165) is 22.6 Å². The summed E-state index contributed by atoms with van der Waals surface area (Å²) in [5.74, 6) is 0. The van der Waals surface area contributed by atoms with Crippen LogP contribution in [0.3, 0.4) is 0 Å². The lowest BCUT2D eigenvalue weighted by molar-refractivity contribution is 0.942. The topological polar surface area (TPSA) is 17.8 Å². The predicted molar refractivity (Wildman–Crippen MR) is 89.3 cm³/mol. The van der Waals surface area contributed by atoms with Gasteiger partial charge < -0.3 is 0 Å². The molecule has 1 aromatic heterocycles. The maximum atomic E-state index is 5.49. The minimum atomic E-state index is 0.581. The molecule has 3 heteroatoms. The highest BCUT2D eigenvalue weighted by molar-refractivity contribution is 7.71. The summed E-state index contributed by atoms with van der Waals surface area (Å²) in [5, 5.41) is 0. The molecular weight excluding hydrogens is 276 g/mol. The minimum absolute atomic E-state index is 0.581. The Kier molecular flexibility index (Phi) is 3.67. The van der Waals surface area contributed by atoms with Crippen LogP contribution in [-0.4, -0.2) is 9.55 Å². The molecular formula is C18H16N2S. The number of hydrogen-bond donors (Lipinski definition) is 0. The Morgan fingerprint density at radius 1 is 0.905 bits per heavy atom. The Balaban J connectivity index is 2.29. The molecule has 0 saturated carbocycles. The molecule has 104 valence electrons. The van der Waals surface area contributed by atoms with Gasteiger partial charge >= 0.3 is 0 Å². The van der Waals surface area contributed by atoms with E-state index in [4.69, 9.17) is 12.2 Å². The number of aryl methyl sites for hydroxylation is 2. The van der Waals surface area contributed by atoms with Crippen LogP contribution in [0.5, 0.6) is 0 Å². The van der Waals surface area contributed by atoms with Gasteiger partial charge in [0.25, 0.3) is 0 Å². The van der Waals surface area contributed by atoms with E-state index in [0.29, 0.717) is 4.77 Å². The Morgan fingerprint density at radius 3 is 2.24 bits per heavy atom. The highest BCUT2D eigenvalue weighted by Gasteiger charge is 2.08. The Labute approximate surface area is 129 Å². The molecule has 0 aliphatic heterocycles. The molecule has 3 rings (SSSR count). The number of aromatic nitrogens is 2. The van der Waals surface area contributed by atoms with Gasteiger partial charge in [-0.05, 0) is 49.8 Å². The normalized spacial score (nSPS) is 10.6. The quantitative estimate of drug-likeness (QED) is 0.626. The zero-order chi connectivity index (χ0) is 14.8. The number of rotatable bonds is 2. The maximum absolute atomic E-state index is 5.49. The summed E-state index contributed by atoms with van der Waals surface area (Å²) < 4.78 is 2.61. The molecule has 0 spiro atoms. The fourth-order valence-electron chi connectivity index (χ4n) is 2.36. The predicted octanol–water partition coefficient (Wildman–Crippen LogP) is 4.89. The van der Waals surface area contributed by atoms with E-state index in [1.165, 1.54) is 5.56 Å². The maximum Gasteiger partial charge on any atom is 0.204 e. The number of nitrogens with zero attached hydrogens (tertiary/aromatic N) is 2. The fraction of sp³-hybridized carbons (Fsp3) is 0.111. The molecule has 0 bridgehead atoms. The lowest BCUT2D eigenvalue weighted by Gasteiger charge is -2.15. The summed E-state index contributed by atoms with van der Waals surface area (Å²) in [7, 11) is 0. The van der Waals surface area contributed by atoms with Crippen molar-refractivity contribution in [3.05, 3.63) is 76.7 Å². The summed E-state index contributed by atoms with van der Waals surface area (Å²) in [6, 6.07) is 20.7. The van der Waals surface area contributed by atoms with Gasteiger partial charge in [0.15, 0.2) is 0 Å². The van der Waals surface area contributed by atoms with Crippen molar-refractivity contribution in [2.45, 2.75) is 13.8 Å². The van der Waals surface area contributed by atoms with Gasteiger partial charge in [-0.2, -0.15) is 0 Å². The molecule has 2 aromatic carbocycles. The van der Waals surface area contributed by atoms with E-state index in [9.17, 15) is 0 Å². The van der Waals surface area contributed by atoms with Gasteiger partial charge in [0, 0.05) is 11.4 Å². The van der Waals surface area contributed by atoms with Crippen LogP contribution in [0.25, 0.3) is 16.9 Å². The van der Waals surface area contributed by atoms with E-state index < -0.39 is 0 Å². The van der Waals surface area contributed by atoms with Gasteiger partial charge in [-0.15, -0.1) is 0 Å². The van der Waals surface area contributed by atoms with Gasteiger partial charge in [0.05, 0.1) is 5.69 Å². The second-order valence-electron chi connectivity index (χ2n) is 5.10. The van der Waals surface area contributed by atoms with Crippen LogP contribution in [0.2, 0.25) is 0 Å². The van der Waals surface area contributed by atoms with Gasteiger partial charge in [-0.3, -0.25) is 4.57 Å². The summed E-state index contributed by atoms with van der Waals surface area (Å²) >= 11 is 5.49. The lowest BCUT2D eigenvalue weighted by atomic mass is 10.1. The summed E-state index contributed by atoms with van der Waals surface area (Å²) in [4.78, 5) is 4.44. The fourth-order valence-corrected chi connectivity index (χ4v) is 2.71. The molecule has 0 amide bonds. The van der Waals surface area contributed by atoms with Gasteiger partial charge in [-0.1, -0.05) is 48.0 Å². The van der Waals surface area contributed by atoms with Crippen LogP contribution >= 0.6 is 12.2 Å². The van der Waals surface area contributed by atoms with Crippen LogP contribution < -0.4 is 0 Å². The molecule has 0 unspecified atom stereocenters. The van der Waals surface area contributed by atoms with Crippen molar-refractivity contribution < 1.29 is 0 Å². The van der Waals surface area contributed by atoms with E-state index >= 15 is 0 Å². The monoisotopic (exact) mass is 292 g/mol. The van der Waals surface area contributed by atoms with Crippen LogP contribution in [0.15, 0.2) is 60.7 Å². The second kappa shape index (κ2) is 5.62. The van der Waals surface area contributed by atoms with Crippen LogP contribution in [-0.2, 0) is 0 Å². The average Bonchev–Trinajstić information content (AvgIpc) is 2.49. The zero-order valence-corrected chi connectivity index (χ0v) is 12.9. The van der Waals surface area contributed by atoms with Crippen molar-refractivity contribution >= 4 is 12.2 Å². The molecule has 0 radical (unpaired) electrons. The first-order valence-corrected chi connectivity index (χ1v) is 7.29. The van der Waals surface area contributed by atoms with Crippen molar-refractivity contribution in [3.63, 3.8) is 0 Å². The van der Waals surface area contributed by atoms with Crippen molar-refractivity contribution in [1.29, 1.82) is 0 Å².